The van der Waals surface area contributed by atoms with Crippen molar-refractivity contribution < 1.29 is 14.6 Å². The Bertz CT molecular complexity index is 829. The summed E-state index contributed by atoms with van der Waals surface area (Å²) in [5.74, 6) is 6.96. The molecule has 0 aromatic carbocycles. The van der Waals surface area contributed by atoms with Gasteiger partial charge in [-0.2, -0.15) is 0 Å². The first-order valence-corrected chi connectivity index (χ1v) is 11.3. The minimum absolute atomic E-state index is 0.143. The molecule has 3 aliphatic rings. The van der Waals surface area contributed by atoms with Gasteiger partial charge in [0.1, 0.15) is 11.8 Å². The van der Waals surface area contributed by atoms with Gasteiger partial charge in [0.2, 0.25) is 0 Å². The fourth-order valence-electron chi connectivity index (χ4n) is 5.58. The van der Waals surface area contributed by atoms with Crippen molar-refractivity contribution in [3.05, 3.63) is 47.1 Å². The van der Waals surface area contributed by atoms with Crippen molar-refractivity contribution >= 4 is 0 Å². The normalized spacial score (nSPS) is 35.6. The van der Waals surface area contributed by atoms with E-state index in [4.69, 9.17) is 0 Å². The van der Waals surface area contributed by atoms with Crippen LogP contribution in [0.3, 0.4) is 0 Å². The van der Waals surface area contributed by atoms with Crippen LogP contribution in [0.4, 0.5) is 4.39 Å². The maximum atomic E-state index is 14.1. The van der Waals surface area contributed by atoms with Crippen molar-refractivity contribution in [2.75, 3.05) is 0 Å². The Labute approximate surface area is 181 Å². The van der Waals surface area contributed by atoms with Crippen molar-refractivity contribution in [2.24, 2.45) is 17.3 Å². The van der Waals surface area contributed by atoms with E-state index in [1.54, 1.807) is 13.8 Å². The fourth-order valence-corrected chi connectivity index (χ4v) is 5.58. The van der Waals surface area contributed by atoms with Gasteiger partial charge in [-0.3, -0.25) is 0 Å². The van der Waals surface area contributed by atoms with Gasteiger partial charge in [0, 0.05) is 12.8 Å². The van der Waals surface area contributed by atoms with Crippen LogP contribution in [-0.4, -0.2) is 28.1 Å². The average molecular weight is 413 g/mol. The molecular weight excluding hydrogens is 375 g/mol. The van der Waals surface area contributed by atoms with Crippen LogP contribution in [0.25, 0.3) is 0 Å². The number of hydrogen-bond acceptors (Lipinski definition) is 2. The van der Waals surface area contributed by atoms with E-state index in [0.29, 0.717) is 23.8 Å². The molecule has 2 N–H and O–H groups in total. The molecular formula is C27H37FO2. The molecule has 164 valence electrons. The Kier molecular flexibility index (Phi) is 6.80. The summed E-state index contributed by atoms with van der Waals surface area (Å²) in [5, 5.41) is 19.8. The van der Waals surface area contributed by atoms with Gasteiger partial charge in [0.05, 0.1) is 6.10 Å². The molecule has 0 aliphatic heterocycles. The molecule has 3 rings (SSSR count). The average Bonchev–Trinajstić information content (AvgIpc) is 3.00. The monoisotopic (exact) mass is 412 g/mol. The number of aliphatic hydroxyl groups is 2. The van der Waals surface area contributed by atoms with Gasteiger partial charge in [-0.15, -0.1) is 0 Å². The summed E-state index contributed by atoms with van der Waals surface area (Å²) < 4.78 is 14.1. The molecule has 2 saturated carbocycles. The van der Waals surface area contributed by atoms with Crippen LogP contribution in [0.15, 0.2) is 47.1 Å². The number of rotatable bonds is 3. The summed E-state index contributed by atoms with van der Waals surface area (Å²) in [4.78, 5) is 0. The SMILES string of the molecule is C=C1/C(=C/C=C2\CCC[C@]3(C)C([C@H](C)CC#CC(C)(C)O)=CC[C@@H]23)C[C@@H](O)C[C@@H]1F. The second-order valence-electron chi connectivity index (χ2n) is 10.2. The minimum atomic E-state index is -1.14. The molecule has 0 radical (unpaired) electrons. The maximum Gasteiger partial charge on any atom is 0.127 e. The first kappa shape index (κ1) is 23.0. The standard InChI is InChI=1S/C27H37FO2/c1-18(8-6-14-26(3,4)30)23-12-13-24-20(9-7-15-27(23,24)5)10-11-21-16-22(29)17-25(28)19(21)2/h10-12,18,22,24-25,29-30H,2,7-9,13,15-17H2,1,3-5H3/b20-10+,21-11+/t18-,22-,24+,25+,27-/m1/s1. The number of alkyl halides is 1. The lowest BCUT2D eigenvalue weighted by Gasteiger charge is -2.42. The lowest BCUT2D eigenvalue weighted by molar-refractivity contribution is 0.124. The predicted octanol–water partition coefficient (Wildman–Crippen LogP) is 5.83. The quantitative estimate of drug-likeness (QED) is 0.453. The number of halogens is 1. The van der Waals surface area contributed by atoms with Crippen molar-refractivity contribution in [3.63, 3.8) is 0 Å². The number of hydrogen-bond donors (Lipinski definition) is 2. The van der Waals surface area contributed by atoms with Gasteiger partial charge in [0.15, 0.2) is 0 Å². The Hall–Kier alpha value is -1.63. The third-order valence-corrected chi connectivity index (χ3v) is 7.17. The smallest absolute Gasteiger partial charge is 0.127 e. The fraction of sp³-hybridized carbons (Fsp3) is 0.630. The Morgan fingerprint density at radius 1 is 1.40 bits per heavy atom. The van der Waals surface area contributed by atoms with Crippen LogP contribution in [-0.2, 0) is 0 Å². The molecule has 5 atom stereocenters. The molecule has 2 nitrogen and oxygen atoms in total. The van der Waals surface area contributed by atoms with E-state index in [9.17, 15) is 14.6 Å². The molecule has 0 bridgehead atoms. The van der Waals surface area contributed by atoms with Crippen LogP contribution in [0.2, 0.25) is 0 Å². The van der Waals surface area contributed by atoms with E-state index >= 15 is 0 Å². The highest BCUT2D eigenvalue weighted by Crippen LogP contribution is 2.56. The van der Waals surface area contributed by atoms with E-state index in [1.807, 2.05) is 6.08 Å². The highest BCUT2D eigenvalue weighted by atomic mass is 19.1. The number of fused-ring (bicyclic) bond motifs is 1. The summed E-state index contributed by atoms with van der Waals surface area (Å²) in [6, 6.07) is 0. The van der Waals surface area contributed by atoms with Gasteiger partial charge in [-0.25, -0.2) is 4.39 Å². The van der Waals surface area contributed by atoms with Crippen molar-refractivity contribution in [1.82, 2.24) is 0 Å². The van der Waals surface area contributed by atoms with Crippen LogP contribution < -0.4 is 0 Å². The molecule has 3 aliphatic carbocycles. The van der Waals surface area contributed by atoms with Gasteiger partial charge in [0.25, 0.3) is 0 Å². The summed E-state index contributed by atoms with van der Waals surface area (Å²) >= 11 is 0. The van der Waals surface area contributed by atoms with Crippen molar-refractivity contribution in [1.29, 1.82) is 0 Å². The largest absolute Gasteiger partial charge is 0.393 e. The molecule has 30 heavy (non-hydrogen) atoms. The summed E-state index contributed by atoms with van der Waals surface area (Å²) in [7, 11) is 0. The molecule has 0 heterocycles. The second-order valence-corrected chi connectivity index (χ2v) is 10.2. The molecule has 0 aromatic rings. The Morgan fingerprint density at radius 2 is 2.13 bits per heavy atom. The first-order chi connectivity index (χ1) is 14.0. The Morgan fingerprint density at radius 3 is 2.83 bits per heavy atom. The maximum absolute atomic E-state index is 14.1. The Balaban J connectivity index is 1.76. The summed E-state index contributed by atoms with van der Waals surface area (Å²) in [6.07, 6.45) is 10.7. The molecule has 0 amide bonds. The summed E-state index contributed by atoms with van der Waals surface area (Å²) in [6.45, 7) is 12.0. The highest BCUT2D eigenvalue weighted by molar-refractivity contribution is 5.40. The van der Waals surface area contributed by atoms with Crippen LogP contribution >= 0.6 is 0 Å². The van der Waals surface area contributed by atoms with Crippen LogP contribution in [0.1, 0.15) is 72.6 Å². The van der Waals surface area contributed by atoms with Gasteiger partial charge in [-0.05, 0) is 74.3 Å². The van der Waals surface area contributed by atoms with E-state index in [0.717, 1.165) is 31.3 Å². The lowest BCUT2D eigenvalue weighted by Crippen LogP contribution is -2.32. The van der Waals surface area contributed by atoms with Crippen LogP contribution in [0.5, 0.6) is 0 Å². The van der Waals surface area contributed by atoms with E-state index in [1.165, 1.54) is 17.6 Å². The minimum Gasteiger partial charge on any atom is -0.393 e. The highest BCUT2D eigenvalue weighted by Gasteiger charge is 2.45. The zero-order valence-electron chi connectivity index (χ0n) is 19.0. The van der Waals surface area contributed by atoms with Gasteiger partial charge in [-0.1, -0.05) is 61.6 Å². The molecule has 0 spiro atoms. The van der Waals surface area contributed by atoms with Gasteiger partial charge >= 0.3 is 0 Å². The molecule has 3 heteroatoms. The molecule has 0 aromatic heterocycles. The zero-order valence-corrected chi connectivity index (χ0v) is 19.0. The van der Waals surface area contributed by atoms with Crippen LogP contribution in [0, 0.1) is 29.1 Å². The third kappa shape index (κ3) is 4.98. The number of aliphatic hydroxyl groups excluding tert-OH is 1. The first-order valence-electron chi connectivity index (χ1n) is 11.3. The second kappa shape index (κ2) is 8.85. The molecule has 0 unspecified atom stereocenters. The molecule has 0 saturated heterocycles. The summed E-state index contributed by atoms with van der Waals surface area (Å²) in [5.41, 5.74) is 3.50. The topological polar surface area (TPSA) is 40.5 Å². The van der Waals surface area contributed by atoms with Crippen molar-refractivity contribution in [2.45, 2.75) is 90.5 Å². The van der Waals surface area contributed by atoms with E-state index in [-0.39, 0.29) is 11.8 Å². The number of allylic oxidation sites excluding steroid dienone is 6. The molecule has 2 fully saturated rings. The van der Waals surface area contributed by atoms with E-state index in [2.05, 4.69) is 44.4 Å². The lowest BCUT2D eigenvalue weighted by atomic mass is 9.62. The van der Waals surface area contributed by atoms with E-state index < -0.39 is 17.9 Å². The third-order valence-electron chi connectivity index (χ3n) is 7.17. The zero-order chi connectivity index (χ0) is 22.1. The predicted molar refractivity (Wildman–Crippen MR) is 121 cm³/mol. The van der Waals surface area contributed by atoms with Gasteiger partial charge < -0.3 is 10.2 Å². The van der Waals surface area contributed by atoms with Crippen molar-refractivity contribution in [3.8, 4) is 11.8 Å².